The smallest absolute Gasteiger partial charge is 0.256 e. The zero-order valence-electron chi connectivity index (χ0n) is 10.3. The Morgan fingerprint density at radius 3 is 3.00 bits per heavy atom. The van der Waals surface area contributed by atoms with Crippen LogP contribution in [-0.2, 0) is 16.0 Å². The number of nitrogens with zero attached hydrogens (tertiary/aromatic N) is 1. The van der Waals surface area contributed by atoms with Gasteiger partial charge in [-0.15, -0.1) is 0 Å². The second-order valence-electron chi connectivity index (χ2n) is 4.93. The van der Waals surface area contributed by atoms with Crippen LogP contribution in [0.25, 0.3) is 0 Å². The standard InChI is InChI=1S/C14H18N2O2/c15-9-11-5-6-13(18-11)14(17)16-8-7-10-3-1-2-4-12(10)16/h1-4,11,13H,5-9,15H2. The van der Waals surface area contributed by atoms with Gasteiger partial charge in [-0.3, -0.25) is 4.79 Å². The van der Waals surface area contributed by atoms with Crippen molar-refractivity contribution in [2.45, 2.75) is 31.5 Å². The molecule has 2 heterocycles. The summed E-state index contributed by atoms with van der Waals surface area (Å²) in [5.41, 5.74) is 7.87. The molecule has 2 unspecified atom stereocenters. The number of fused-ring (bicyclic) bond motifs is 1. The van der Waals surface area contributed by atoms with Gasteiger partial charge in [0.15, 0.2) is 0 Å². The number of hydrogen-bond donors (Lipinski definition) is 1. The molecule has 1 amide bonds. The van der Waals surface area contributed by atoms with E-state index in [-0.39, 0.29) is 18.1 Å². The van der Waals surface area contributed by atoms with Crippen molar-refractivity contribution in [3.63, 3.8) is 0 Å². The third-order valence-corrected chi connectivity index (χ3v) is 3.80. The molecule has 1 fully saturated rings. The molecule has 2 aliphatic heterocycles. The summed E-state index contributed by atoms with van der Waals surface area (Å²) in [7, 11) is 0. The maximum atomic E-state index is 12.4. The van der Waals surface area contributed by atoms with Gasteiger partial charge in [0, 0.05) is 18.8 Å². The van der Waals surface area contributed by atoms with Crippen molar-refractivity contribution in [3.8, 4) is 0 Å². The van der Waals surface area contributed by atoms with Crippen LogP contribution >= 0.6 is 0 Å². The summed E-state index contributed by atoms with van der Waals surface area (Å²) in [5.74, 6) is 0.0934. The maximum absolute atomic E-state index is 12.4. The third kappa shape index (κ3) is 1.91. The van der Waals surface area contributed by atoms with Crippen LogP contribution in [0.1, 0.15) is 18.4 Å². The Kier molecular flexibility index (Phi) is 3.06. The molecule has 0 aliphatic carbocycles. The molecule has 1 aromatic rings. The van der Waals surface area contributed by atoms with Crippen LogP contribution < -0.4 is 10.6 Å². The van der Waals surface area contributed by atoms with E-state index in [4.69, 9.17) is 10.5 Å². The molecule has 2 atom stereocenters. The predicted octanol–water partition coefficient (Wildman–Crippen LogP) is 1.08. The monoisotopic (exact) mass is 246 g/mol. The van der Waals surface area contributed by atoms with E-state index < -0.39 is 0 Å². The fourth-order valence-electron chi connectivity index (χ4n) is 2.80. The molecule has 0 saturated carbocycles. The van der Waals surface area contributed by atoms with E-state index in [2.05, 4.69) is 6.07 Å². The molecule has 3 rings (SSSR count). The van der Waals surface area contributed by atoms with Gasteiger partial charge in [-0.2, -0.15) is 0 Å². The first-order valence-corrected chi connectivity index (χ1v) is 6.54. The Balaban J connectivity index is 1.75. The van der Waals surface area contributed by atoms with Gasteiger partial charge in [-0.05, 0) is 30.9 Å². The van der Waals surface area contributed by atoms with E-state index in [1.807, 2.05) is 23.1 Å². The molecule has 1 saturated heterocycles. The molecule has 0 aromatic heterocycles. The quantitative estimate of drug-likeness (QED) is 0.849. The van der Waals surface area contributed by atoms with Crippen molar-refractivity contribution in [2.24, 2.45) is 5.73 Å². The van der Waals surface area contributed by atoms with Crippen LogP contribution in [0.5, 0.6) is 0 Å². The molecule has 1 aromatic carbocycles. The normalized spacial score (nSPS) is 26.4. The number of ether oxygens (including phenoxy) is 1. The Hall–Kier alpha value is -1.39. The van der Waals surface area contributed by atoms with Gasteiger partial charge in [-0.25, -0.2) is 0 Å². The maximum Gasteiger partial charge on any atom is 0.256 e. The Labute approximate surface area is 107 Å². The van der Waals surface area contributed by atoms with Crippen molar-refractivity contribution in [1.29, 1.82) is 0 Å². The highest BCUT2D eigenvalue weighted by atomic mass is 16.5. The van der Waals surface area contributed by atoms with Gasteiger partial charge in [0.2, 0.25) is 0 Å². The number of anilines is 1. The van der Waals surface area contributed by atoms with Gasteiger partial charge in [0.25, 0.3) is 5.91 Å². The lowest BCUT2D eigenvalue weighted by molar-refractivity contribution is -0.129. The zero-order chi connectivity index (χ0) is 12.5. The van der Waals surface area contributed by atoms with Crippen LogP contribution in [0, 0.1) is 0 Å². The van der Waals surface area contributed by atoms with Gasteiger partial charge in [0.1, 0.15) is 6.10 Å². The zero-order valence-corrected chi connectivity index (χ0v) is 10.3. The van der Waals surface area contributed by atoms with Crippen molar-refractivity contribution in [1.82, 2.24) is 0 Å². The Morgan fingerprint density at radius 2 is 2.22 bits per heavy atom. The number of para-hydroxylation sites is 1. The lowest BCUT2D eigenvalue weighted by atomic mass is 10.1. The molecule has 0 radical (unpaired) electrons. The average Bonchev–Trinajstić information content (AvgIpc) is 3.04. The van der Waals surface area contributed by atoms with Crippen LogP contribution in [0.4, 0.5) is 5.69 Å². The molecule has 0 spiro atoms. The average molecular weight is 246 g/mol. The molecular formula is C14H18N2O2. The summed E-state index contributed by atoms with van der Waals surface area (Å²) < 4.78 is 5.68. The van der Waals surface area contributed by atoms with Gasteiger partial charge >= 0.3 is 0 Å². The van der Waals surface area contributed by atoms with Crippen LogP contribution in [0.15, 0.2) is 24.3 Å². The number of nitrogens with two attached hydrogens (primary N) is 1. The van der Waals surface area contributed by atoms with Crippen molar-refractivity contribution in [2.75, 3.05) is 18.0 Å². The van der Waals surface area contributed by atoms with E-state index in [1.165, 1.54) is 5.56 Å². The summed E-state index contributed by atoms with van der Waals surface area (Å²) in [6.07, 6.45) is 2.37. The topological polar surface area (TPSA) is 55.6 Å². The first-order valence-electron chi connectivity index (χ1n) is 6.54. The second kappa shape index (κ2) is 4.71. The van der Waals surface area contributed by atoms with Crippen LogP contribution in [-0.4, -0.2) is 31.2 Å². The molecule has 96 valence electrons. The molecule has 0 bridgehead atoms. The van der Waals surface area contributed by atoms with Crippen LogP contribution in [0.2, 0.25) is 0 Å². The fraction of sp³-hybridized carbons (Fsp3) is 0.500. The summed E-state index contributed by atoms with van der Waals surface area (Å²) >= 11 is 0. The summed E-state index contributed by atoms with van der Waals surface area (Å²) in [6.45, 7) is 1.27. The summed E-state index contributed by atoms with van der Waals surface area (Å²) in [5, 5.41) is 0. The number of rotatable bonds is 2. The summed E-state index contributed by atoms with van der Waals surface area (Å²) in [6, 6.07) is 8.09. The van der Waals surface area contributed by atoms with Crippen molar-refractivity contribution < 1.29 is 9.53 Å². The third-order valence-electron chi connectivity index (χ3n) is 3.80. The number of benzene rings is 1. The van der Waals surface area contributed by atoms with Crippen molar-refractivity contribution in [3.05, 3.63) is 29.8 Å². The second-order valence-corrected chi connectivity index (χ2v) is 4.93. The Bertz CT molecular complexity index is 461. The highest BCUT2D eigenvalue weighted by Crippen LogP contribution is 2.30. The van der Waals surface area contributed by atoms with Gasteiger partial charge < -0.3 is 15.4 Å². The van der Waals surface area contributed by atoms with E-state index >= 15 is 0 Å². The number of carbonyl (C=O) groups is 1. The van der Waals surface area contributed by atoms with E-state index in [9.17, 15) is 4.79 Å². The lowest BCUT2D eigenvalue weighted by Gasteiger charge is -2.21. The lowest BCUT2D eigenvalue weighted by Crippen LogP contribution is -2.38. The van der Waals surface area contributed by atoms with E-state index in [0.717, 1.165) is 31.5 Å². The highest BCUT2D eigenvalue weighted by Gasteiger charge is 2.35. The SMILES string of the molecule is NCC1CCC(C(=O)N2CCc3ccccc32)O1. The largest absolute Gasteiger partial charge is 0.364 e. The molecule has 4 nitrogen and oxygen atoms in total. The van der Waals surface area contributed by atoms with Crippen molar-refractivity contribution >= 4 is 11.6 Å². The summed E-state index contributed by atoms with van der Waals surface area (Å²) in [4.78, 5) is 14.3. The molecular weight excluding hydrogens is 228 g/mol. The number of hydrogen-bond acceptors (Lipinski definition) is 3. The minimum absolute atomic E-state index is 0.0526. The highest BCUT2D eigenvalue weighted by molar-refractivity contribution is 5.98. The van der Waals surface area contributed by atoms with E-state index in [0.29, 0.717) is 6.54 Å². The Morgan fingerprint density at radius 1 is 1.39 bits per heavy atom. The predicted molar refractivity (Wildman–Crippen MR) is 69.4 cm³/mol. The molecule has 4 heteroatoms. The minimum atomic E-state index is -0.301. The number of amides is 1. The first kappa shape index (κ1) is 11.7. The van der Waals surface area contributed by atoms with E-state index in [1.54, 1.807) is 0 Å². The minimum Gasteiger partial charge on any atom is -0.364 e. The molecule has 2 aliphatic rings. The van der Waals surface area contributed by atoms with Crippen LogP contribution in [0.3, 0.4) is 0 Å². The molecule has 2 N–H and O–H groups in total. The molecule has 18 heavy (non-hydrogen) atoms. The fourth-order valence-corrected chi connectivity index (χ4v) is 2.80. The van der Waals surface area contributed by atoms with Gasteiger partial charge in [-0.1, -0.05) is 18.2 Å². The van der Waals surface area contributed by atoms with Gasteiger partial charge in [0.05, 0.1) is 6.10 Å². The first-order chi connectivity index (χ1) is 8.79. The number of carbonyl (C=O) groups excluding carboxylic acids is 1.